The first-order valence-corrected chi connectivity index (χ1v) is 10.3. The highest BCUT2D eigenvalue weighted by atomic mass is 35.5. The Hall–Kier alpha value is -2.57. The summed E-state index contributed by atoms with van der Waals surface area (Å²) in [5.74, 6) is -1.14. The summed E-state index contributed by atoms with van der Waals surface area (Å²) in [6, 6.07) is 13.0. The van der Waals surface area contributed by atoms with E-state index >= 15 is 0 Å². The van der Waals surface area contributed by atoms with Crippen molar-refractivity contribution in [3.63, 3.8) is 0 Å². The van der Waals surface area contributed by atoms with E-state index in [2.05, 4.69) is 10.6 Å². The molecule has 2 N–H and O–H groups in total. The van der Waals surface area contributed by atoms with E-state index in [4.69, 9.17) is 27.9 Å². The van der Waals surface area contributed by atoms with Crippen molar-refractivity contribution in [1.29, 1.82) is 0 Å². The van der Waals surface area contributed by atoms with E-state index in [0.29, 0.717) is 21.2 Å². The molecule has 0 radical (unpaired) electrons. The first-order valence-electron chi connectivity index (χ1n) is 9.54. The summed E-state index contributed by atoms with van der Waals surface area (Å²) in [6.45, 7) is 3.62. The zero-order valence-corrected chi connectivity index (χ0v) is 18.3. The summed E-state index contributed by atoms with van der Waals surface area (Å²) in [6.07, 6.45) is -0.296. The molecular weight excluding hydrogens is 427 g/mol. The van der Waals surface area contributed by atoms with Crippen molar-refractivity contribution in [2.45, 2.75) is 38.8 Å². The smallest absolute Gasteiger partial charge is 0.308 e. The molecule has 0 aromatic heterocycles. The average molecular weight is 451 g/mol. The highest BCUT2D eigenvalue weighted by molar-refractivity contribution is 6.33. The molecule has 0 aliphatic carbocycles. The largest absolute Gasteiger partial charge is 0.463 e. The lowest BCUT2D eigenvalue weighted by Crippen LogP contribution is -2.34. The van der Waals surface area contributed by atoms with Crippen molar-refractivity contribution in [2.24, 2.45) is 0 Å². The first-order chi connectivity index (χ1) is 14.3. The lowest BCUT2D eigenvalue weighted by Gasteiger charge is -2.20. The summed E-state index contributed by atoms with van der Waals surface area (Å²) in [4.78, 5) is 36.8. The minimum Gasteiger partial charge on any atom is -0.463 e. The van der Waals surface area contributed by atoms with Crippen LogP contribution in [0.3, 0.4) is 0 Å². The van der Waals surface area contributed by atoms with Crippen LogP contribution in [-0.2, 0) is 14.3 Å². The summed E-state index contributed by atoms with van der Waals surface area (Å²) < 4.78 is 5.19. The van der Waals surface area contributed by atoms with Crippen LogP contribution in [0.4, 0.5) is 0 Å². The number of halogens is 2. The van der Waals surface area contributed by atoms with E-state index in [9.17, 15) is 14.4 Å². The van der Waals surface area contributed by atoms with Crippen LogP contribution in [0.2, 0.25) is 10.0 Å². The predicted octanol–water partition coefficient (Wildman–Crippen LogP) is 4.31. The van der Waals surface area contributed by atoms with Gasteiger partial charge in [-0.25, -0.2) is 0 Å². The van der Waals surface area contributed by atoms with Crippen LogP contribution in [0.15, 0.2) is 48.5 Å². The number of esters is 1. The fourth-order valence-electron chi connectivity index (χ4n) is 2.77. The minimum absolute atomic E-state index is 0.0242. The predicted molar refractivity (Wildman–Crippen MR) is 117 cm³/mol. The maximum atomic E-state index is 12.4. The third kappa shape index (κ3) is 7.35. The van der Waals surface area contributed by atoms with Crippen molar-refractivity contribution in [3.8, 4) is 0 Å². The Morgan fingerprint density at radius 2 is 1.60 bits per heavy atom. The van der Waals surface area contributed by atoms with Crippen molar-refractivity contribution in [3.05, 3.63) is 69.7 Å². The summed E-state index contributed by atoms with van der Waals surface area (Å²) in [5, 5.41) is 6.23. The first kappa shape index (κ1) is 23.7. The second-order valence-electron chi connectivity index (χ2n) is 6.87. The molecule has 0 fully saturated rings. The van der Waals surface area contributed by atoms with Crippen LogP contribution in [0.1, 0.15) is 48.7 Å². The van der Waals surface area contributed by atoms with Gasteiger partial charge in [0.1, 0.15) is 0 Å². The molecule has 2 amide bonds. The summed E-state index contributed by atoms with van der Waals surface area (Å²) in [5.41, 5.74) is 0.957. The number of carbonyl (C=O) groups is 3. The molecular formula is C22H24Cl2N2O4. The van der Waals surface area contributed by atoms with Crippen LogP contribution in [0, 0.1) is 0 Å². The fourth-order valence-corrected chi connectivity index (χ4v) is 3.26. The van der Waals surface area contributed by atoms with Gasteiger partial charge < -0.3 is 15.4 Å². The van der Waals surface area contributed by atoms with E-state index in [1.54, 1.807) is 62.4 Å². The monoisotopic (exact) mass is 450 g/mol. The number of carbonyl (C=O) groups excluding carboxylic acids is 3. The lowest BCUT2D eigenvalue weighted by atomic mass is 10.0. The molecule has 2 rings (SSSR count). The molecule has 1 unspecified atom stereocenters. The Labute approximate surface area is 185 Å². The fraction of sp³-hybridized carbons (Fsp3) is 0.318. The molecule has 0 saturated carbocycles. The molecule has 0 saturated heterocycles. The van der Waals surface area contributed by atoms with Gasteiger partial charge >= 0.3 is 5.97 Å². The Bertz CT molecular complexity index is 902. The van der Waals surface area contributed by atoms with Gasteiger partial charge in [-0.2, -0.15) is 0 Å². The normalized spacial score (nSPS) is 11.6. The van der Waals surface area contributed by atoms with E-state index in [1.165, 1.54) is 0 Å². The number of rotatable bonds is 9. The quantitative estimate of drug-likeness (QED) is 0.557. The van der Waals surface area contributed by atoms with Gasteiger partial charge in [-0.3, -0.25) is 14.4 Å². The van der Waals surface area contributed by atoms with Crippen LogP contribution >= 0.6 is 23.2 Å². The number of hydrogen-bond acceptors (Lipinski definition) is 4. The third-order valence-corrected chi connectivity index (χ3v) is 4.78. The number of nitrogens with one attached hydrogen (secondary N) is 2. The van der Waals surface area contributed by atoms with Gasteiger partial charge in [0.2, 0.25) is 5.91 Å². The second-order valence-corrected chi connectivity index (χ2v) is 7.68. The number of hydrogen-bond donors (Lipinski definition) is 2. The molecule has 2 aromatic rings. The van der Waals surface area contributed by atoms with Crippen LogP contribution in [-0.4, -0.2) is 30.4 Å². The lowest BCUT2D eigenvalue weighted by molar-refractivity contribution is -0.148. The Morgan fingerprint density at radius 3 is 2.23 bits per heavy atom. The molecule has 0 spiro atoms. The van der Waals surface area contributed by atoms with Gasteiger partial charge in [-0.1, -0.05) is 53.5 Å². The van der Waals surface area contributed by atoms with Gasteiger partial charge in [0.15, 0.2) is 0 Å². The average Bonchev–Trinajstić information content (AvgIpc) is 2.67. The highest BCUT2D eigenvalue weighted by Gasteiger charge is 2.22. The zero-order chi connectivity index (χ0) is 22.1. The zero-order valence-electron chi connectivity index (χ0n) is 16.8. The third-order valence-electron chi connectivity index (χ3n) is 4.11. The molecule has 8 heteroatoms. The summed E-state index contributed by atoms with van der Waals surface area (Å²) in [7, 11) is 0. The van der Waals surface area contributed by atoms with Gasteiger partial charge in [0, 0.05) is 18.0 Å². The molecule has 0 heterocycles. The maximum Gasteiger partial charge on any atom is 0.308 e. The van der Waals surface area contributed by atoms with Crippen molar-refractivity contribution >= 4 is 41.0 Å². The number of benzene rings is 2. The van der Waals surface area contributed by atoms with Crippen LogP contribution in [0.5, 0.6) is 0 Å². The molecule has 160 valence electrons. The SMILES string of the molecule is CC(C)OC(=O)CC(NC(=O)CCNC(=O)c1ccccc1Cl)c1ccccc1Cl. The Morgan fingerprint density at radius 1 is 0.967 bits per heavy atom. The van der Waals surface area contributed by atoms with E-state index in [1.807, 2.05) is 0 Å². The standard InChI is InChI=1S/C22H24Cl2N2O4/c1-14(2)30-21(28)13-19(15-7-3-5-9-17(15)23)26-20(27)11-12-25-22(29)16-8-4-6-10-18(16)24/h3-10,14,19H,11-13H2,1-2H3,(H,25,29)(H,26,27). The van der Waals surface area contributed by atoms with Gasteiger partial charge in [0.05, 0.1) is 29.2 Å². The molecule has 30 heavy (non-hydrogen) atoms. The van der Waals surface area contributed by atoms with Crippen molar-refractivity contribution < 1.29 is 19.1 Å². The highest BCUT2D eigenvalue weighted by Crippen LogP contribution is 2.25. The summed E-state index contributed by atoms with van der Waals surface area (Å²) >= 11 is 12.2. The molecule has 1 atom stereocenters. The van der Waals surface area contributed by atoms with Crippen LogP contribution in [0.25, 0.3) is 0 Å². The number of amides is 2. The van der Waals surface area contributed by atoms with E-state index in [0.717, 1.165) is 0 Å². The molecule has 0 aliphatic heterocycles. The molecule has 2 aromatic carbocycles. The maximum absolute atomic E-state index is 12.4. The Kier molecular flexibility index (Phi) is 9.15. The topological polar surface area (TPSA) is 84.5 Å². The van der Waals surface area contributed by atoms with Crippen LogP contribution < -0.4 is 10.6 Å². The van der Waals surface area contributed by atoms with Crippen molar-refractivity contribution in [2.75, 3.05) is 6.54 Å². The van der Waals surface area contributed by atoms with E-state index < -0.39 is 12.0 Å². The number of ether oxygens (including phenoxy) is 1. The van der Waals surface area contributed by atoms with Gasteiger partial charge in [-0.15, -0.1) is 0 Å². The Balaban J connectivity index is 1.96. The molecule has 6 nitrogen and oxygen atoms in total. The molecule has 0 aliphatic rings. The minimum atomic E-state index is -0.642. The van der Waals surface area contributed by atoms with E-state index in [-0.39, 0.29) is 37.3 Å². The second kappa shape index (κ2) is 11.6. The van der Waals surface area contributed by atoms with Gasteiger partial charge in [0.25, 0.3) is 5.91 Å². The van der Waals surface area contributed by atoms with Gasteiger partial charge in [-0.05, 0) is 37.6 Å². The molecule has 0 bridgehead atoms. The van der Waals surface area contributed by atoms with Crippen molar-refractivity contribution in [1.82, 2.24) is 10.6 Å².